The van der Waals surface area contributed by atoms with Crippen LogP contribution in [-0.4, -0.2) is 6.54 Å². The highest BCUT2D eigenvalue weighted by atomic mass is 79.9. The summed E-state index contributed by atoms with van der Waals surface area (Å²) in [7, 11) is 0. The van der Waals surface area contributed by atoms with Crippen molar-refractivity contribution < 1.29 is 0 Å². The minimum atomic E-state index is 0.425. The van der Waals surface area contributed by atoms with E-state index in [-0.39, 0.29) is 0 Å². The second-order valence-corrected chi connectivity index (χ2v) is 5.47. The van der Waals surface area contributed by atoms with E-state index in [9.17, 15) is 0 Å². The minimum absolute atomic E-state index is 0.425. The Balaban J connectivity index is 2.81. The normalized spacial score (nSPS) is 12.5. The second-order valence-electron chi connectivity index (χ2n) is 4.61. The first-order valence-electron chi connectivity index (χ1n) is 6.18. The average Bonchev–Trinajstić information content (AvgIpc) is 2.28. The van der Waals surface area contributed by atoms with Crippen LogP contribution in [0, 0.1) is 6.92 Å². The van der Waals surface area contributed by atoms with Gasteiger partial charge in [-0.2, -0.15) is 0 Å². The number of rotatable bonds is 6. The summed E-state index contributed by atoms with van der Waals surface area (Å²) >= 11 is 3.60. The van der Waals surface area contributed by atoms with Crippen molar-refractivity contribution >= 4 is 15.9 Å². The van der Waals surface area contributed by atoms with Crippen molar-refractivity contribution in [1.82, 2.24) is 5.32 Å². The van der Waals surface area contributed by atoms with E-state index in [0.717, 1.165) is 19.4 Å². The van der Waals surface area contributed by atoms with Crippen LogP contribution in [0.25, 0.3) is 0 Å². The number of aryl methyl sites for hydroxylation is 1. The number of halogens is 1. The minimum Gasteiger partial charge on any atom is -0.310 e. The lowest BCUT2D eigenvalue weighted by Gasteiger charge is -2.19. The monoisotopic (exact) mass is 295 g/mol. The van der Waals surface area contributed by atoms with Gasteiger partial charge in [0, 0.05) is 10.5 Å². The molecule has 0 amide bonds. The molecule has 0 spiro atoms. The predicted molar refractivity (Wildman–Crippen MR) is 79.3 cm³/mol. The second kappa shape index (κ2) is 6.97. The number of nitrogens with one attached hydrogen (secondary N) is 1. The van der Waals surface area contributed by atoms with Gasteiger partial charge in [-0.05, 0) is 50.4 Å². The van der Waals surface area contributed by atoms with Gasteiger partial charge < -0.3 is 5.32 Å². The Bertz CT molecular complexity index is 385. The first-order chi connectivity index (χ1) is 8.04. The van der Waals surface area contributed by atoms with Gasteiger partial charge in [0.15, 0.2) is 0 Å². The molecule has 17 heavy (non-hydrogen) atoms. The number of allylic oxidation sites excluding steroid dienone is 1. The molecular weight excluding hydrogens is 274 g/mol. The van der Waals surface area contributed by atoms with Gasteiger partial charge in [0.1, 0.15) is 0 Å². The topological polar surface area (TPSA) is 12.0 Å². The van der Waals surface area contributed by atoms with Crippen LogP contribution in [0.3, 0.4) is 0 Å². The molecule has 0 aliphatic heterocycles. The van der Waals surface area contributed by atoms with Crippen LogP contribution in [0.4, 0.5) is 0 Å². The summed E-state index contributed by atoms with van der Waals surface area (Å²) in [6.45, 7) is 11.3. The Morgan fingerprint density at radius 2 is 2.18 bits per heavy atom. The molecule has 0 saturated heterocycles. The quantitative estimate of drug-likeness (QED) is 0.746. The Morgan fingerprint density at radius 3 is 2.71 bits per heavy atom. The third-order valence-corrected chi connectivity index (χ3v) is 3.76. The summed E-state index contributed by atoms with van der Waals surface area (Å²) in [6.07, 6.45) is 2.18. The molecule has 2 heteroatoms. The lowest BCUT2D eigenvalue weighted by Crippen LogP contribution is -2.21. The molecule has 1 aromatic carbocycles. The molecule has 0 aliphatic rings. The molecule has 1 nitrogen and oxygen atoms in total. The molecule has 1 N–H and O–H groups in total. The Labute approximate surface area is 113 Å². The largest absolute Gasteiger partial charge is 0.310 e. The number of benzene rings is 1. The van der Waals surface area contributed by atoms with Crippen molar-refractivity contribution in [2.45, 2.75) is 39.7 Å². The van der Waals surface area contributed by atoms with E-state index in [0.29, 0.717) is 6.04 Å². The zero-order valence-electron chi connectivity index (χ0n) is 11.0. The van der Waals surface area contributed by atoms with E-state index in [1.807, 2.05) is 0 Å². The van der Waals surface area contributed by atoms with Gasteiger partial charge in [0.05, 0.1) is 0 Å². The van der Waals surface area contributed by atoms with Gasteiger partial charge in [-0.15, -0.1) is 6.58 Å². The molecule has 1 aromatic rings. The molecule has 0 aliphatic carbocycles. The molecule has 1 atom stereocenters. The van der Waals surface area contributed by atoms with Crippen molar-refractivity contribution in [3.63, 3.8) is 0 Å². The van der Waals surface area contributed by atoms with Gasteiger partial charge in [0.2, 0.25) is 0 Å². The van der Waals surface area contributed by atoms with Gasteiger partial charge in [0.25, 0.3) is 0 Å². The molecular formula is C15H22BrN. The van der Waals surface area contributed by atoms with Crippen LogP contribution in [0.2, 0.25) is 0 Å². The summed E-state index contributed by atoms with van der Waals surface area (Å²) in [4.78, 5) is 0. The first-order valence-corrected chi connectivity index (χ1v) is 6.97. The smallest absolute Gasteiger partial charge is 0.0323 e. The fourth-order valence-corrected chi connectivity index (χ4v) is 2.25. The van der Waals surface area contributed by atoms with Gasteiger partial charge >= 0.3 is 0 Å². The summed E-state index contributed by atoms with van der Waals surface area (Å²) in [5.74, 6) is 0. The van der Waals surface area contributed by atoms with Crippen molar-refractivity contribution in [3.05, 3.63) is 46.0 Å². The first kappa shape index (κ1) is 14.5. The molecule has 1 rings (SSSR count). The van der Waals surface area contributed by atoms with E-state index in [2.05, 4.69) is 66.8 Å². The fourth-order valence-electron chi connectivity index (χ4n) is 1.85. The zero-order chi connectivity index (χ0) is 12.8. The highest BCUT2D eigenvalue weighted by Gasteiger charge is 2.10. The zero-order valence-corrected chi connectivity index (χ0v) is 12.6. The van der Waals surface area contributed by atoms with Crippen LogP contribution in [0.5, 0.6) is 0 Å². The Morgan fingerprint density at radius 1 is 1.47 bits per heavy atom. The van der Waals surface area contributed by atoms with E-state index >= 15 is 0 Å². The van der Waals surface area contributed by atoms with Crippen molar-refractivity contribution in [1.29, 1.82) is 0 Å². The number of hydrogen-bond donors (Lipinski definition) is 1. The molecule has 0 saturated carbocycles. The van der Waals surface area contributed by atoms with Crippen LogP contribution in [0.1, 0.15) is 43.9 Å². The maximum absolute atomic E-state index is 3.98. The highest BCUT2D eigenvalue weighted by molar-refractivity contribution is 9.10. The molecule has 94 valence electrons. The summed E-state index contributed by atoms with van der Waals surface area (Å²) in [6, 6.07) is 7.03. The van der Waals surface area contributed by atoms with E-state index in [1.165, 1.54) is 21.2 Å². The fraction of sp³-hybridized carbons (Fsp3) is 0.467. The van der Waals surface area contributed by atoms with Gasteiger partial charge in [-0.1, -0.05) is 40.6 Å². The summed E-state index contributed by atoms with van der Waals surface area (Å²) in [5.41, 5.74) is 3.88. The van der Waals surface area contributed by atoms with Crippen molar-refractivity contribution in [2.24, 2.45) is 0 Å². The van der Waals surface area contributed by atoms with Gasteiger partial charge in [-0.3, -0.25) is 0 Å². The Kier molecular flexibility index (Phi) is 5.93. The molecule has 0 heterocycles. The standard InChI is InChI=1S/C15H22BrN/c1-5-17-15(9-6-11(2)3)13-8-7-12(4)14(16)10-13/h7-8,10,15,17H,2,5-6,9H2,1,3-4H3. The lowest BCUT2D eigenvalue weighted by molar-refractivity contribution is 0.514. The third kappa shape index (κ3) is 4.64. The molecule has 1 unspecified atom stereocenters. The molecule has 0 bridgehead atoms. The highest BCUT2D eigenvalue weighted by Crippen LogP contribution is 2.25. The SMILES string of the molecule is C=C(C)CCC(NCC)c1ccc(C)c(Br)c1. The average molecular weight is 296 g/mol. The van der Waals surface area contributed by atoms with E-state index in [1.54, 1.807) is 0 Å². The predicted octanol–water partition coefficient (Wildman–Crippen LogP) is 4.76. The van der Waals surface area contributed by atoms with Gasteiger partial charge in [-0.25, -0.2) is 0 Å². The molecule has 0 radical (unpaired) electrons. The molecule has 0 aromatic heterocycles. The Hall–Kier alpha value is -0.600. The lowest BCUT2D eigenvalue weighted by atomic mass is 9.99. The van der Waals surface area contributed by atoms with Crippen LogP contribution >= 0.6 is 15.9 Å². The third-order valence-electron chi connectivity index (χ3n) is 2.91. The van der Waals surface area contributed by atoms with Crippen LogP contribution < -0.4 is 5.32 Å². The van der Waals surface area contributed by atoms with E-state index < -0.39 is 0 Å². The summed E-state index contributed by atoms with van der Waals surface area (Å²) in [5, 5.41) is 3.54. The maximum Gasteiger partial charge on any atom is 0.0323 e. The van der Waals surface area contributed by atoms with Crippen molar-refractivity contribution in [3.8, 4) is 0 Å². The van der Waals surface area contributed by atoms with Crippen molar-refractivity contribution in [2.75, 3.05) is 6.54 Å². The number of hydrogen-bond acceptors (Lipinski definition) is 1. The molecule has 0 fully saturated rings. The summed E-state index contributed by atoms with van der Waals surface area (Å²) < 4.78 is 1.19. The van der Waals surface area contributed by atoms with Crippen LogP contribution in [0.15, 0.2) is 34.8 Å². The maximum atomic E-state index is 3.98. The van der Waals surface area contributed by atoms with Crippen LogP contribution in [-0.2, 0) is 0 Å². The van der Waals surface area contributed by atoms with E-state index in [4.69, 9.17) is 0 Å².